The third-order valence-corrected chi connectivity index (χ3v) is 3.89. The van der Waals surface area contributed by atoms with E-state index in [1.807, 2.05) is 31.2 Å². The molecule has 2 aromatic rings. The lowest BCUT2D eigenvalue weighted by Gasteiger charge is -2.16. The molecule has 0 fully saturated rings. The van der Waals surface area contributed by atoms with E-state index in [-0.39, 0.29) is 5.91 Å². The number of carbonyl (C=O) groups is 1. The summed E-state index contributed by atoms with van der Waals surface area (Å²) in [6.07, 6.45) is 2.84. The summed E-state index contributed by atoms with van der Waals surface area (Å²) in [6.45, 7) is 4.16. The summed E-state index contributed by atoms with van der Waals surface area (Å²) in [4.78, 5) is 12.4. The quantitative estimate of drug-likeness (QED) is 0.910. The molecule has 1 aliphatic rings. The van der Waals surface area contributed by atoms with Crippen molar-refractivity contribution in [3.63, 3.8) is 0 Å². The van der Waals surface area contributed by atoms with E-state index in [4.69, 9.17) is 4.52 Å². The largest absolute Gasteiger partial charge is 0.360 e. The van der Waals surface area contributed by atoms with Crippen molar-refractivity contribution in [2.45, 2.75) is 33.1 Å². The Hall–Kier alpha value is -2.10. The Bertz CT molecular complexity index is 646. The van der Waals surface area contributed by atoms with Crippen LogP contribution in [0, 0.1) is 12.8 Å². The third-order valence-electron chi connectivity index (χ3n) is 3.89. The molecule has 1 aromatic heterocycles. The fourth-order valence-corrected chi connectivity index (χ4v) is 2.65. The summed E-state index contributed by atoms with van der Waals surface area (Å²) in [6, 6.07) is 7.71. The van der Waals surface area contributed by atoms with Crippen LogP contribution >= 0.6 is 0 Å². The fraction of sp³-hybridized carbons (Fsp3) is 0.375. The Kier molecular flexibility index (Phi) is 3.30. The average Bonchev–Trinajstić information content (AvgIpc) is 2.84. The molecule has 0 saturated carbocycles. The maximum absolute atomic E-state index is 12.4. The highest BCUT2D eigenvalue weighted by atomic mass is 16.5. The Morgan fingerprint density at radius 1 is 1.40 bits per heavy atom. The van der Waals surface area contributed by atoms with E-state index >= 15 is 0 Å². The van der Waals surface area contributed by atoms with Crippen LogP contribution < -0.4 is 5.32 Å². The molecule has 0 spiro atoms. The van der Waals surface area contributed by atoms with Gasteiger partial charge in [0.15, 0.2) is 5.69 Å². The van der Waals surface area contributed by atoms with Gasteiger partial charge in [-0.3, -0.25) is 4.79 Å². The molecule has 0 radical (unpaired) electrons. The van der Waals surface area contributed by atoms with Crippen LogP contribution in [0.15, 0.2) is 28.8 Å². The Balaban J connectivity index is 1.85. The molecule has 0 aliphatic heterocycles. The van der Waals surface area contributed by atoms with Crippen molar-refractivity contribution in [3.05, 3.63) is 46.8 Å². The van der Waals surface area contributed by atoms with Crippen LogP contribution in [0.2, 0.25) is 0 Å². The van der Waals surface area contributed by atoms with E-state index in [0.29, 0.717) is 11.6 Å². The molecule has 0 bridgehead atoms. The van der Waals surface area contributed by atoms with Crippen molar-refractivity contribution in [1.29, 1.82) is 0 Å². The van der Waals surface area contributed by atoms with Crippen molar-refractivity contribution in [1.82, 2.24) is 5.16 Å². The average molecular weight is 270 g/mol. The van der Waals surface area contributed by atoms with Gasteiger partial charge in [0.1, 0.15) is 5.76 Å². The van der Waals surface area contributed by atoms with Crippen LogP contribution in [0.25, 0.3) is 0 Å². The van der Waals surface area contributed by atoms with Gasteiger partial charge < -0.3 is 9.84 Å². The second kappa shape index (κ2) is 5.12. The zero-order valence-corrected chi connectivity index (χ0v) is 11.8. The Morgan fingerprint density at radius 3 is 3.00 bits per heavy atom. The van der Waals surface area contributed by atoms with Gasteiger partial charge in [0.05, 0.1) is 0 Å². The van der Waals surface area contributed by atoms with Crippen molar-refractivity contribution >= 4 is 11.6 Å². The van der Waals surface area contributed by atoms with Gasteiger partial charge in [-0.05, 0) is 37.3 Å². The van der Waals surface area contributed by atoms with Gasteiger partial charge in [-0.25, -0.2) is 0 Å². The zero-order valence-electron chi connectivity index (χ0n) is 11.8. The number of hydrogen-bond acceptors (Lipinski definition) is 3. The normalized spacial score (nSPS) is 17.6. The van der Waals surface area contributed by atoms with Crippen molar-refractivity contribution in [2.24, 2.45) is 5.92 Å². The minimum absolute atomic E-state index is 0.182. The van der Waals surface area contributed by atoms with Crippen LogP contribution in [-0.4, -0.2) is 11.1 Å². The number of rotatable bonds is 2. The van der Waals surface area contributed by atoms with Gasteiger partial charge in [0.2, 0.25) is 0 Å². The standard InChI is InChI=1S/C16H18N2O2/c1-10-7-8-14-12(9-10)15(18-20-14)16(19)17-13-6-4-3-5-11(13)2/h3-6,10H,7-9H2,1-2H3,(H,17,19)/t10-/m1/s1. The van der Waals surface area contributed by atoms with Gasteiger partial charge in [0.25, 0.3) is 5.91 Å². The molecule has 104 valence electrons. The first-order valence-corrected chi connectivity index (χ1v) is 6.99. The van der Waals surface area contributed by atoms with Gasteiger partial charge >= 0.3 is 0 Å². The minimum Gasteiger partial charge on any atom is -0.360 e. The number of aromatic nitrogens is 1. The van der Waals surface area contributed by atoms with E-state index in [1.165, 1.54) is 0 Å². The van der Waals surface area contributed by atoms with Crippen molar-refractivity contribution in [2.75, 3.05) is 5.32 Å². The maximum atomic E-state index is 12.4. The molecular weight excluding hydrogens is 252 g/mol. The number of amides is 1. The monoisotopic (exact) mass is 270 g/mol. The number of aryl methyl sites for hydroxylation is 2. The molecular formula is C16H18N2O2. The molecule has 1 N–H and O–H groups in total. The van der Waals surface area contributed by atoms with Crippen molar-refractivity contribution < 1.29 is 9.32 Å². The first kappa shape index (κ1) is 12.9. The first-order valence-electron chi connectivity index (χ1n) is 6.99. The maximum Gasteiger partial charge on any atom is 0.278 e. The summed E-state index contributed by atoms with van der Waals surface area (Å²) in [5.41, 5.74) is 3.27. The molecule has 1 heterocycles. The smallest absolute Gasteiger partial charge is 0.278 e. The molecule has 4 heteroatoms. The van der Waals surface area contributed by atoms with Crippen LogP contribution in [0.3, 0.4) is 0 Å². The van der Waals surface area contributed by atoms with Gasteiger partial charge in [-0.2, -0.15) is 0 Å². The summed E-state index contributed by atoms with van der Waals surface area (Å²) in [7, 11) is 0. The molecule has 4 nitrogen and oxygen atoms in total. The highest BCUT2D eigenvalue weighted by Gasteiger charge is 2.27. The summed E-state index contributed by atoms with van der Waals surface area (Å²) in [5.74, 6) is 1.27. The molecule has 1 aliphatic carbocycles. The predicted octanol–water partition coefficient (Wildman–Crippen LogP) is 3.36. The number of carbonyl (C=O) groups excluding carboxylic acids is 1. The van der Waals surface area contributed by atoms with Crippen LogP contribution in [-0.2, 0) is 12.8 Å². The van der Waals surface area contributed by atoms with E-state index in [0.717, 1.165) is 41.8 Å². The lowest BCUT2D eigenvalue weighted by Crippen LogP contribution is -2.18. The Morgan fingerprint density at radius 2 is 2.20 bits per heavy atom. The number of anilines is 1. The van der Waals surface area contributed by atoms with E-state index in [9.17, 15) is 4.79 Å². The lowest BCUT2D eigenvalue weighted by molar-refractivity contribution is 0.101. The highest BCUT2D eigenvalue weighted by molar-refractivity contribution is 6.04. The molecule has 1 atom stereocenters. The van der Waals surface area contributed by atoms with Gasteiger partial charge in [-0.15, -0.1) is 0 Å². The Labute approximate surface area is 118 Å². The summed E-state index contributed by atoms with van der Waals surface area (Å²) >= 11 is 0. The van der Waals surface area contributed by atoms with Crippen LogP contribution in [0.5, 0.6) is 0 Å². The topological polar surface area (TPSA) is 55.1 Å². The molecule has 20 heavy (non-hydrogen) atoms. The van der Waals surface area contributed by atoms with Crippen LogP contribution in [0.1, 0.15) is 40.7 Å². The van der Waals surface area contributed by atoms with Crippen LogP contribution in [0.4, 0.5) is 5.69 Å². The third kappa shape index (κ3) is 2.33. The second-order valence-corrected chi connectivity index (χ2v) is 5.55. The zero-order chi connectivity index (χ0) is 14.1. The molecule has 0 saturated heterocycles. The minimum atomic E-state index is -0.182. The highest BCUT2D eigenvalue weighted by Crippen LogP contribution is 2.28. The number of fused-ring (bicyclic) bond motifs is 1. The van der Waals surface area contributed by atoms with E-state index in [2.05, 4.69) is 17.4 Å². The van der Waals surface area contributed by atoms with E-state index in [1.54, 1.807) is 0 Å². The number of hydrogen-bond donors (Lipinski definition) is 1. The number of nitrogens with zero attached hydrogens (tertiary/aromatic N) is 1. The molecule has 0 unspecified atom stereocenters. The van der Waals surface area contributed by atoms with Crippen molar-refractivity contribution in [3.8, 4) is 0 Å². The molecule has 1 amide bonds. The number of para-hydroxylation sites is 1. The summed E-state index contributed by atoms with van der Waals surface area (Å²) in [5, 5.41) is 6.89. The summed E-state index contributed by atoms with van der Waals surface area (Å²) < 4.78 is 5.31. The molecule has 1 aromatic carbocycles. The number of nitrogens with one attached hydrogen (secondary N) is 1. The van der Waals surface area contributed by atoms with Gasteiger partial charge in [-0.1, -0.05) is 30.3 Å². The van der Waals surface area contributed by atoms with E-state index < -0.39 is 0 Å². The number of benzene rings is 1. The molecule has 3 rings (SSSR count). The predicted molar refractivity (Wildman–Crippen MR) is 76.8 cm³/mol. The second-order valence-electron chi connectivity index (χ2n) is 5.55. The van der Waals surface area contributed by atoms with Gasteiger partial charge in [0, 0.05) is 17.7 Å². The first-order chi connectivity index (χ1) is 9.65. The lowest BCUT2D eigenvalue weighted by atomic mass is 9.88. The SMILES string of the molecule is Cc1ccccc1NC(=O)c1noc2c1C[C@H](C)CC2. The fourth-order valence-electron chi connectivity index (χ4n) is 2.65.